The van der Waals surface area contributed by atoms with Crippen LogP contribution in [0.15, 0.2) is 48.8 Å². The number of hydrogen-bond donors (Lipinski definition) is 3. The molecule has 0 aliphatic carbocycles. The number of aromatic nitrogens is 6. The van der Waals surface area contributed by atoms with Crippen molar-refractivity contribution in [3.05, 3.63) is 60.2 Å². The maximum Gasteiger partial charge on any atom is 0.159 e. The second-order valence-electron chi connectivity index (χ2n) is 7.91. The molecule has 1 saturated heterocycles. The minimum atomic E-state index is -0.304. The Morgan fingerprint density at radius 3 is 2.77 bits per heavy atom. The third-order valence-corrected chi connectivity index (χ3v) is 5.97. The Balaban J connectivity index is 1.47. The summed E-state index contributed by atoms with van der Waals surface area (Å²) in [4.78, 5) is 17.2. The van der Waals surface area contributed by atoms with Gasteiger partial charge in [0.2, 0.25) is 0 Å². The Morgan fingerprint density at radius 2 is 1.90 bits per heavy atom. The van der Waals surface area contributed by atoms with Crippen LogP contribution in [-0.2, 0) is 0 Å². The maximum absolute atomic E-state index is 13.8. The molecule has 0 unspecified atom stereocenters. The van der Waals surface area contributed by atoms with Gasteiger partial charge in [0.1, 0.15) is 17.0 Å². The monoisotopic (exact) mass is 413 g/mol. The number of fused-ring (bicyclic) bond motifs is 2. The molecule has 1 aliphatic heterocycles. The zero-order valence-corrected chi connectivity index (χ0v) is 16.7. The van der Waals surface area contributed by atoms with E-state index in [9.17, 15) is 4.39 Å². The molecule has 0 amide bonds. The summed E-state index contributed by atoms with van der Waals surface area (Å²) in [5, 5.41) is 11.9. The van der Waals surface area contributed by atoms with Crippen LogP contribution < -0.4 is 5.32 Å². The predicted molar refractivity (Wildman–Crippen MR) is 117 cm³/mol. The zero-order valence-electron chi connectivity index (χ0n) is 16.7. The summed E-state index contributed by atoms with van der Waals surface area (Å²) in [6.07, 6.45) is 5.86. The largest absolute Gasteiger partial charge is 0.336 e. The fourth-order valence-corrected chi connectivity index (χ4v) is 4.37. The number of nitrogens with one attached hydrogen (secondary N) is 3. The first kappa shape index (κ1) is 18.1. The SMILES string of the molecule is Fc1cccc(-c2nccc3[nH]c(-c4n[nH]c5ncc(C6CCNCC6)cc45)nc23)c1. The van der Waals surface area contributed by atoms with E-state index in [1.165, 1.54) is 17.7 Å². The van der Waals surface area contributed by atoms with Crippen LogP contribution in [0.25, 0.3) is 44.8 Å². The van der Waals surface area contributed by atoms with Gasteiger partial charge in [-0.2, -0.15) is 5.10 Å². The zero-order chi connectivity index (χ0) is 20.8. The van der Waals surface area contributed by atoms with E-state index in [1.807, 2.05) is 18.3 Å². The van der Waals surface area contributed by atoms with Crippen molar-refractivity contribution in [2.24, 2.45) is 0 Å². The van der Waals surface area contributed by atoms with E-state index in [1.54, 1.807) is 12.3 Å². The van der Waals surface area contributed by atoms with Crippen molar-refractivity contribution in [1.29, 1.82) is 0 Å². The Bertz CT molecular complexity index is 1400. The number of aromatic amines is 2. The molecule has 0 spiro atoms. The molecule has 1 fully saturated rings. The minimum absolute atomic E-state index is 0.304. The molecule has 5 aromatic rings. The molecule has 1 aliphatic rings. The Kier molecular flexibility index (Phi) is 4.24. The first-order valence-electron chi connectivity index (χ1n) is 10.4. The van der Waals surface area contributed by atoms with Crippen molar-refractivity contribution in [2.45, 2.75) is 18.8 Å². The second kappa shape index (κ2) is 7.24. The van der Waals surface area contributed by atoms with Gasteiger partial charge < -0.3 is 10.3 Å². The summed E-state index contributed by atoms with van der Waals surface area (Å²) >= 11 is 0. The van der Waals surface area contributed by atoms with E-state index < -0.39 is 0 Å². The van der Waals surface area contributed by atoms with Gasteiger partial charge in [-0.3, -0.25) is 10.1 Å². The summed E-state index contributed by atoms with van der Waals surface area (Å²) < 4.78 is 13.8. The number of rotatable bonds is 3. The Hall–Kier alpha value is -3.65. The number of halogens is 1. The minimum Gasteiger partial charge on any atom is -0.336 e. The summed E-state index contributed by atoms with van der Waals surface area (Å²) in [6, 6.07) is 10.4. The lowest BCUT2D eigenvalue weighted by Crippen LogP contribution is -2.26. The van der Waals surface area contributed by atoms with E-state index >= 15 is 0 Å². The highest BCUT2D eigenvalue weighted by Crippen LogP contribution is 2.32. The molecule has 5 heterocycles. The summed E-state index contributed by atoms with van der Waals surface area (Å²) in [5.41, 5.74) is 5.51. The Labute approximate surface area is 177 Å². The first-order chi connectivity index (χ1) is 15.3. The van der Waals surface area contributed by atoms with Crippen molar-refractivity contribution >= 4 is 22.1 Å². The van der Waals surface area contributed by atoms with Gasteiger partial charge >= 0.3 is 0 Å². The molecule has 0 atom stereocenters. The lowest BCUT2D eigenvalue weighted by Gasteiger charge is -2.22. The van der Waals surface area contributed by atoms with E-state index in [-0.39, 0.29) is 5.82 Å². The van der Waals surface area contributed by atoms with E-state index in [0.717, 1.165) is 48.2 Å². The van der Waals surface area contributed by atoms with Crippen molar-refractivity contribution < 1.29 is 4.39 Å². The van der Waals surface area contributed by atoms with Crippen LogP contribution in [0.5, 0.6) is 0 Å². The summed E-state index contributed by atoms with van der Waals surface area (Å²) in [7, 11) is 0. The second-order valence-corrected chi connectivity index (χ2v) is 7.91. The van der Waals surface area contributed by atoms with Crippen molar-refractivity contribution in [2.75, 3.05) is 13.1 Å². The van der Waals surface area contributed by atoms with Crippen molar-refractivity contribution in [3.63, 3.8) is 0 Å². The summed E-state index contributed by atoms with van der Waals surface area (Å²) in [6.45, 7) is 2.06. The number of benzene rings is 1. The van der Waals surface area contributed by atoms with Gasteiger partial charge in [-0.05, 0) is 61.7 Å². The van der Waals surface area contributed by atoms with Gasteiger partial charge in [0.15, 0.2) is 11.5 Å². The topological polar surface area (TPSA) is 95.2 Å². The van der Waals surface area contributed by atoms with Crippen LogP contribution in [0.2, 0.25) is 0 Å². The molecule has 154 valence electrons. The van der Waals surface area contributed by atoms with Gasteiger partial charge in [-0.15, -0.1) is 0 Å². The molecule has 3 N–H and O–H groups in total. The van der Waals surface area contributed by atoms with Gasteiger partial charge in [0, 0.05) is 18.0 Å². The van der Waals surface area contributed by atoms with Crippen LogP contribution in [0, 0.1) is 5.82 Å². The third kappa shape index (κ3) is 3.16. The van der Waals surface area contributed by atoms with E-state index in [0.29, 0.717) is 28.5 Å². The predicted octanol–water partition coefficient (Wildman–Crippen LogP) is 4.17. The van der Waals surface area contributed by atoms with E-state index in [4.69, 9.17) is 4.98 Å². The number of hydrogen-bond acceptors (Lipinski definition) is 5. The molecular formula is C23H20FN7. The molecule has 1 aromatic carbocycles. The lowest BCUT2D eigenvalue weighted by atomic mass is 9.91. The normalized spacial score (nSPS) is 15.1. The molecule has 6 rings (SSSR count). The van der Waals surface area contributed by atoms with E-state index in [2.05, 4.69) is 36.5 Å². The molecule has 0 saturated carbocycles. The van der Waals surface area contributed by atoms with Crippen LogP contribution in [0.4, 0.5) is 4.39 Å². The maximum atomic E-state index is 13.8. The van der Waals surface area contributed by atoms with Crippen LogP contribution >= 0.6 is 0 Å². The van der Waals surface area contributed by atoms with Gasteiger partial charge in [-0.25, -0.2) is 14.4 Å². The molecule has 8 heteroatoms. The van der Waals surface area contributed by atoms with Crippen LogP contribution in [0.3, 0.4) is 0 Å². The molecule has 7 nitrogen and oxygen atoms in total. The number of piperidine rings is 1. The molecule has 0 bridgehead atoms. The molecule has 31 heavy (non-hydrogen) atoms. The lowest BCUT2D eigenvalue weighted by molar-refractivity contribution is 0.460. The fraction of sp³-hybridized carbons (Fsp3) is 0.217. The number of imidazole rings is 1. The molecule has 4 aromatic heterocycles. The average Bonchev–Trinajstić information content (AvgIpc) is 3.43. The summed E-state index contributed by atoms with van der Waals surface area (Å²) in [5.74, 6) is 0.832. The molecular weight excluding hydrogens is 393 g/mol. The highest BCUT2D eigenvalue weighted by Gasteiger charge is 2.20. The average molecular weight is 413 g/mol. The van der Waals surface area contributed by atoms with Gasteiger partial charge in [0.05, 0.1) is 16.6 Å². The number of pyridine rings is 2. The quantitative estimate of drug-likeness (QED) is 0.413. The number of nitrogens with zero attached hydrogens (tertiary/aromatic N) is 4. The smallest absolute Gasteiger partial charge is 0.159 e. The van der Waals surface area contributed by atoms with Crippen molar-refractivity contribution in [1.82, 2.24) is 35.5 Å². The first-order valence-corrected chi connectivity index (χ1v) is 10.4. The standard InChI is InChI=1S/C23H20FN7/c24-16-3-1-2-14(10-16)19-21-18(6-9-26-19)28-23(29-21)20-17-11-15(12-27-22(17)31-30-20)13-4-7-25-8-5-13/h1-3,6,9-13,25H,4-5,7-8H2,(H,28,29)(H,27,30,31). The highest BCUT2D eigenvalue weighted by atomic mass is 19.1. The third-order valence-electron chi connectivity index (χ3n) is 5.97. The van der Waals surface area contributed by atoms with Crippen molar-refractivity contribution in [3.8, 4) is 22.8 Å². The fourth-order valence-electron chi connectivity index (χ4n) is 4.37. The van der Waals surface area contributed by atoms with Crippen LogP contribution in [0.1, 0.15) is 24.3 Å². The van der Waals surface area contributed by atoms with Gasteiger partial charge in [0.25, 0.3) is 0 Å². The van der Waals surface area contributed by atoms with Crippen LogP contribution in [-0.4, -0.2) is 43.2 Å². The Morgan fingerprint density at radius 1 is 1.00 bits per heavy atom. The molecule has 0 radical (unpaired) electrons. The highest BCUT2D eigenvalue weighted by molar-refractivity contribution is 5.95. The number of H-pyrrole nitrogens is 2. The van der Waals surface area contributed by atoms with Gasteiger partial charge in [-0.1, -0.05) is 12.1 Å².